The molecule has 8 nitrogen and oxygen atoms in total. The summed E-state index contributed by atoms with van der Waals surface area (Å²) >= 11 is 6.32. The smallest absolute Gasteiger partial charge is 0.124 e. The van der Waals surface area contributed by atoms with Gasteiger partial charge in [0, 0.05) is 11.4 Å². The molecule has 0 saturated carbocycles. The van der Waals surface area contributed by atoms with E-state index in [4.69, 9.17) is 26.2 Å². The lowest BCUT2D eigenvalue weighted by Gasteiger charge is -2.28. The van der Waals surface area contributed by atoms with Gasteiger partial charge in [-0.15, -0.1) is 0 Å². The Labute approximate surface area is 191 Å². The van der Waals surface area contributed by atoms with Crippen molar-refractivity contribution in [1.29, 1.82) is 0 Å². The summed E-state index contributed by atoms with van der Waals surface area (Å²) < 4.78 is 11.2. The maximum absolute atomic E-state index is 10.5. The lowest BCUT2D eigenvalue weighted by atomic mass is 9.93. The van der Waals surface area contributed by atoms with E-state index < -0.39 is 37.1 Å². The number of hydrogen-bond donors (Lipinski definition) is 6. The average Bonchev–Trinajstić information content (AvgIpc) is 3.32. The van der Waals surface area contributed by atoms with Crippen LogP contribution in [0, 0.1) is 0 Å². The van der Waals surface area contributed by atoms with E-state index in [2.05, 4.69) is 0 Å². The van der Waals surface area contributed by atoms with E-state index in [0.717, 1.165) is 17.7 Å². The van der Waals surface area contributed by atoms with Crippen LogP contribution in [0.2, 0.25) is 5.02 Å². The molecule has 0 bridgehead atoms. The minimum absolute atomic E-state index is 0.0623. The molecule has 6 atom stereocenters. The first-order valence-electron chi connectivity index (χ1n) is 10.4. The fourth-order valence-electron chi connectivity index (χ4n) is 3.54. The second-order valence-corrected chi connectivity index (χ2v) is 8.35. The fourth-order valence-corrected chi connectivity index (χ4v) is 3.72. The zero-order valence-corrected chi connectivity index (χ0v) is 18.2. The van der Waals surface area contributed by atoms with Gasteiger partial charge in [0.1, 0.15) is 42.4 Å². The van der Waals surface area contributed by atoms with Crippen molar-refractivity contribution in [3.8, 4) is 5.75 Å². The molecule has 6 N–H and O–H groups in total. The minimum Gasteiger partial charge on any atom is -0.488 e. The highest BCUT2D eigenvalue weighted by atomic mass is 35.5. The Hall–Kier alpha value is -1.75. The average molecular weight is 469 g/mol. The summed E-state index contributed by atoms with van der Waals surface area (Å²) in [6, 6.07) is 12.2. The van der Waals surface area contributed by atoms with Crippen LogP contribution in [0.4, 0.5) is 0 Å². The molecule has 2 aromatic rings. The highest BCUT2D eigenvalue weighted by Crippen LogP contribution is 2.28. The third-order valence-corrected chi connectivity index (χ3v) is 5.89. The zero-order chi connectivity index (χ0) is 23.3. The van der Waals surface area contributed by atoms with E-state index in [0.29, 0.717) is 30.2 Å². The molecule has 5 unspecified atom stereocenters. The fraction of sp³-hybridized carbons (Fsp3) is 0.478. The van der Waals surface area contributed by atoms with Crippen molar-refractivity contribution in [2.75, 3.05) is 19.8 Å². The minimum atomic E-state index is -1.87. The van der Waals surface area contributed by atoms with Gasteiger partial charge < -0.3 is 40.1 Å². The van der Waals surface area contributed by atoms with Gasteiger partial charge in [-0.2, -0.15) is 0 Å². The van der Waals surface area contributed by atoms with E-state index in [1.807, 2.05) is 24.3 Å². The van der Waals surface area contributed by atoms with Gasteiger partial charge in [-0.1, -0.05) is 35.9 Å². The molecule has 1 aliphatic rings. The molecule has 1 fully saturated rings. The van der Waals surface area contributed by atoms with Crippen LogP contribution in [-0.2, 0) is 11.2 Å². The van der Waals surface area contributed by atoms with Crippen molar-refractivity contribution >= 4 is 11.6 Å². The second kappa shape index (κ2) is 11.4. The second-order valence-electron chi connectivity index (χ2n) is 7.94. The molecule has 0 radical (unpaired) electrons. The molecule has 0 amide bonds. The van der Waals surface area contributed by atoms with Crippen LogP contribution < -0.4 is 4.74 Å². The summed E-state index contributed by atoms with van der Waals surface area (Å²) in [6.07, 6.45) is -7.31. The Kier molecular flexibility index (Phi) is 8.87. The molecule has 176 valence electrons. The largest absolute Gasteiger partial charge is 0.488 e. The number of hydrogen-bond acceptors (Lipinski definition) is 8. The summed E-state index contributed by atoms with van der Waals surface area (Å²) in [7, 11) is 0. The highest BCUT2D eigenvalue weighted by molar-refractivity contribution is 6.31. The molecule has 1 heterocycles. The third-order valence-electron chi connectivity index (χ3n) is 5.52. The Balaban J connectivity index is 1.68. The van der Waals surface area contributed by atoms with E-state index in [1.54, 1.807) is 12.1 Å². The number of ether oxygens (including phenoxy) is 2. The standard InChI is InChI=1S/C23H29ClO8/c24-18-6-3-14(20(27)22(29)23(30)21(28)19(26)11-25)10-15(18)9-13-1-4-16(5-2-13)32-17-7-8-31-12-17/h1-6,10,17,19-23,25-30H,7-9,11-12H2/t17-,19?,20?,21?,22?,23?/m0/s1. The number of aliphatic hydroxyl groups is 6. The van der Waals surface area contributed by atoms with Crippen LogP contribution in [0.5, 0.6) is 5.75 Å². The molecule has 0 aliphatic carbocycles. The Morgan fingerprint density at radius 1 is 0.969 bits per heavy atom. The van der Waals surface area contributed by atoms with Crippen LogP contribution in [0.3, 0.4) is 0 Å². The van der Waals surface area contributed by atoms with E-state index in [1.165, 1.54) is 6.07 Å². The molecule has 0 aromatic heterocycles. The Bertz CT molecular complexity index is 856. The Morgan fingerprint density at radius 3 is 2.31 bits per heavy atom. The number of benzene rings is 2. The highest BCUT2D eigenvalue weighted by Gasteiger charge is 2.34. The maximum atomic E-state index is 10.5. The van der Waals surface area contributed by atoms with Gasteiger partial charge in [0.25, 0.3) is 0 Å². The van der Waals surface area contributed by atoms with Crippen LogP contribution in [0.15, 0.2) is 42.5 Å². The quantitative estimate of drug-likeness (QED) is 0.297. The van der Waals surface area contributed by atoms with Gasteiger partial charge in [-0.3, -0.25) is 0 Å². The number of halogens is 1. The van der Waals surface area contributed by atoms with E-state index >= 15 is 0 Å². The Morgan fingerprint density at radius 2 is 1.69 bits per heavy atom. The molecule has 1 aliphatic heterocycles. The summed E-state index contributed by atoms with van der Waals surface area (Å²) in [6.45, 7) is 0.490. The first kappa shape index (κ1) is 24.9. The van der Waals surface area contributed by atoms with Crippen molar-refractivity contribution in [2.45, 2.75) is 49.5 Å². The molecular formula is C23H29ClO8. The molecule has 1 saturated heterocycles. The van der Waals surface area contributed by atoms with Crippen molar-refractivity contribution in [3.05, 3.63) is 64.2 Å². The van der Waals surface area contributed by atoms with Crippen LogP contribution >= 0.6 is 11.6 Å². The van der Waals surface area contributed by atoms with Gasteiger partial charge in [0.15, 0.2) is 0 Å². The third kappa shape index (κ3) is 6.18. The SMILES string of the molecule is OCC(O)C(O)C(O)C(O)C(O)c1ccc(Cl)c(Cc2ccc(O[C@H]3CCOC3)cc2)c1. The first-order chi connectivity index (χ1) is 15.3. The number of rotatable bonds is 10. The van der Waals surface area contributed by atoms with Crippen molar-refractivity contribution in [2.24, 2.45) is 0 Å². The summed E-state index contributed by atoms with van der Waals surface area (Å²) in [5.41, 5.74) is 1.93. The van der Waals surface area contributed by atoms with Crippen molar-refractivity contribution < 1.29 is 40.1 Å². The van der Waals surface area contributed by atoms with E-state index in [-0.39, 0.29) is 11.7 Å². The summed E-state index contributed by atoms with van der Waals surface area (Å²) in [5.74, 6) is 0.750. The lowest BCUT2D eigenvalue weighted by Crippen LogP contribution is -2.47. The van der Waals surface area contributed by atoms with Crippen molar-refractivity contribution in [1.82, 2.24) is 0 Å². The monoisotopic (exact) mass is 468 g/mol. The molecule has 0 spiro atoms. The number of aliphatic hydroxyl groups excluding tert-OH is 6. The normalized spacial score (nSPS) is 21.0. The van der Waals surface area contributed by atoms with Crippen molar-refractivity contribution in [3.63, 3.8) is 0 Å². The summed E-state index contributed by atoms with van der Waals surface area (Å²) in [5, 5.41) is 59.4. The van der Waals surface area contributed by atoms with Gasteiger partial charge in [0.2, 0.25) is 0 Å². The van der Waals surface area contributed by atoms with Gasteiger partial charge in [0.05, 0.1) is 19.8 Å². The van der Waals surface area contributed by atoms with Gasteiger partial charge >= 0.3 is 0 Å². The molecular weight excluding hydrogens is 440 g/mol. The molecule has 9 heteroatoms. The summed E-state index contributed by atoms with van der Waals surface area (Å²) in [4.78, 5) is 0. The van der Waals surface area contributed by atoms with Crippen LogP contribution in [-0.4, -0.2) is 81.0 Å². The predicted octanol–water partition coefficient (Wildman–Crippen LogP) is 0.568. The van der Waals surface area contributed by atoms with Crippen LogP contribution in [0.1, 0.15) is 29.2 Å². The van der Waals surface area contributed by atoms with Crippen LogP contribution in [0.25, 0.3) is 0 Å². The molecule has 2 aromatic carbocycles. The lowest BCUT2D eigenvalue weighted by molar-refractivity contribution is -0.141. The van der Waals surface area contributed by atoms with Gasteiger partial charge in [-0.25, -0.2) is 0 Å². The molecule has 3 rings (SSSR count). The van der Waals surface area contributed by atoms with Gasteiger partial charge in [-0.05, 0) is 41.3 Å². The van der Waals surface area contributed by atoms with E-state index in [9.17, 15) is 25.5 Å². The predicted molar refractivity (Wildman–Crippen MR) is 117 cm³/mol. The topological polar surface area (TPSA) is 140 Å². The maximum Gasteiger partial charge on any atom is 0.124 e. The zero-order valence-electron chi connectivity index (χ0n) is 17.4. The molecule has 32 heavy (non-hydrogen) atoms. The first-order valence-corrected chi connectivity index (χ1v) is 10.8.